The van der Waals surface area contributed by atoms with Crippen molar-refractivity contribution in [1.29, 1.82) is 0 Å². The second-order valence-electron chi connectivity index (χ2n) is 4.37. The smallest absolute Gasteiger partial charge is 0.305 e. The summed E-state index contributed by atoms with van der Waals surface area (Å²) in [6.45, 7) is 6.91. The molecule has 0 fully saturated rings. The van der Waals surface area contributed by atoms with Gasteiger partial charge in [0.1, 0.15) is 11.1 Å². The van der Waals surface area contributed by atoms with E-state index >= 15 is 0 Å². The summed E-state index contributed by atoms with van der Waals surface area (Å²) >= 11 is 1.60. The maximum absolute atomic E-state index is 11.1. The number of carbonyl (C=O) groups excluding carboxylic acids is 1. The highest BCUT2D eigenvalue weighted by atomic mass is 32.1. The fourth-order valence-electron chi connectivity index (χ4n) is 1.63. The molecule has 0 radical (unpaired) electrons. The molecule has 5 heteroatoms. The zero-order valence-corrected chi connectivity index (χ0v) is 12.3. The van der Waals surface area contributed by atoms with E-state index in [-0.39, 0.29) is 12.1 Å². The van der Waals surface area contributed by atoms with E-state index < -0.39 is 0 Å². The Hall–Kier alpha value is -0.940. The first-order valence-corrected chi connectivity index (χ1v) is 7.09. The third-order valence-electron chi connectivity index (χ3n) is 2.58. The Bertz CT molecular complexity index is 376. The van der Waals surface area contributed by atoms with Gasteiger partial charge in [0, 0.05) is 18.4 Å². The van der Waals surface area contributed by atoms with Crippen molar-refractivity contribution < 1.29 is 14.3 Å². The highest BCUT2D eigenvalue weighted by Crippen LogP contribution is 2.28. The molecule has 102 valence electrons. The molecule has 1 aromatic rings. The first kappa shape index (κ1) is 15.1. The Morgan fingerprint density at radius 2 is 2.22 bits per heavy atom. The van der Waals surface area contributed by atoms with Crippen LogP contribution in [-0.2, 0) is 20.7 Å². The van der Waals surface area contributed by atoms with Crippen LogP contribution in [-0.4, -0.2) is 24.7 Å². The first-order chi connectivity index (χ1) is 8.58. The zero-order chi connectivity index (χ0) is 13.5. The van der Waals surface area contributed by atoms with Gasteiger partial charge in [0.15, 0.2) is 0 Å². The summed E-state index contributed by atoms with van der Waals surface area (Å²) in [6, 6.07) is 0. The lowest BCUT2D eigenvalue weighted by atomic mass is 10.1. The Kier molecular flexibility index (Phi) is 6.29. The van der Waals surface area contributed by atoms with E-state index in [0.29, 0.717) is 25.4 Å². The summed E-state index contributed by atoms with van der Waals surface area (Å²) in [5, 5.41) is 2.99. The van der Waals surface area contributed by atoms with Gasteiger partial charge in [0.05, 0.1) is 19.2 Å². The molecule has 18 heavy (non-hydrogen) atoms. The molecule has 0 amide bonds. The van der Waals surface area contributed by atoms with Gasteiger partial charge in [0.2, 0.25) is 0 Å². The maximum Gasteiger partial charge on any atom is 0.305 e. The third kappa shape index (κ3) is 4.38. The average Bonchev–Trinajstić information content (AvgIpc) is 2.80. The fourth-order valence-corrected chi connectivity index (χ4v) is 2.70. The van der Waals surface area contributed by atoms with Gasteiger partial charge in [0.25, 0.3) is 0 Å². The molecule has 0 aromatic carbocycles. The normalized spacial score (nSPS) is 12.7. The predicted octanol–water partition coefficient (Wildman–Crippen LogP) is 2.98. The van der Waals surface area contributed by atoms with Gasteiger partial charge in [-0.05, 0) is 12.8 Å². The highest BCUT2D eigenvalue weighted by molar-refractivity contribution is 7.09. The highest BCUT2D eigenvalue weighted by Gasteiger charge is 2.19. The van der Waals surface area contributed by atoms with E-state index in [0.717, 1.165) is 10.7 Å². The molecule has 1 aromatic heterocycles. The molecule has 0 saturated carbocycles. The van der Waals surface area contributed by atoms with Crippen molar-refractivity contribution in [3.8, 4) is 0 Å². The summed E-state index contributed by atoms with van der Waals surface area (Å²) in [4.78, 5) is 15.6. The number of ether oxygens (including phenoxy) is 2. The number of hydrogen-bond donors (Lipinski definition) is 0. The van der Waals surface area contributed by atoms with Crippen LogP contribution in [0.3, 0.4) is 0 Å². The Balaban J connectivity index is 2.63. The van der Waals surface area contributed by atoms with Crippen LogP contribution in [0.15, 0.2) is 5.38 Å². The lowest BCUT2D eigenvalue weighted by molar-refractivity contribution is -0.140. The molecule has 0 spiro atoms. The van der Waals surface area contributed by atoms with Gasteiger partial charge in [-0.3, -0.25) is 4.79 Å². The van der Waals surface area contributed by atoms with Crippen LogP contribution in [0.5, 0.6) is 0 Å². The fraction of sp³-hybridized carbons (Fsp3) is 0.692. The van der Waals surface area contributed by atoms with E-state index in [1.165, 1.54) is 7.11 Å². The van der Waals surface area contributed by atoms with Crippen molar-refractivity contribution in [3.05, 3.63) is 16.1 Å². The third-order valence-corrected chi connectivity index (χ3v) is 3.53. The molecule has 0 saturated heterocycles. The van der Waals surface area contributed by atoms with Gasteiger partial charge in [-0.15, -0.1) is 11.3 Å². The molecule has 0 aliphatic carbocycles. The van der Waals surface area contributed by atoms with Crippen molar-refractivity contribution in [2.24, 2.45) is 5.92 Å². The van der Waals surface area contributed by atoms with Crippen molar-refractivity contribution in [2.45, 2.75) is 39.7 Å². The number of aryl methyl sites for hydroxylation is 1. The monoisotopic (exact) mass is 271 g/mol. The molecule has 1 heterocycles. The van der Waals surface area contributed by atoms with Crippen molar-refractivity contribution in [1.82, 2.24) is 4.98 Å². The number of thiazole rings is 1. The topological polar surface area (TPSA) is 48.4 Å². The van der Waals surface area contributed by atoms with Crippen molar-refractivity contribution in [2.75, 3.05) is 13.7 Å². The average molecular weight is 271 g/mol. The summed E-state index contributed by atoms with van der Waals surface area (Å²) in [7, 11) is 1.40. The second kappa shape index (κ2) is 7.48. The van der Waals surface area contributed by atoms with Gasteiger partial charge in [-0.1, -0.05) is 13.8 Å². The van der Waals surface area contributed by atoms with Crippen LogP contribution in [0.25, 0.3) is 0 Å². The number of rotatable bonds is 7. The Labute approximate surface area is 112 Å². The van der Waals surface area contributed by atoms with Gasteiger partial charge in [-0.2, -0.15) is 0 Å². The van der Waals surface area contributed by atoms with E-state index in [9.17, 15) is 4.79 Å². The number of nitrogens with zero attached hydrogens (tertiary/aromatic N) is 1. The molecule has 1 atom stereocenters. The maximum atomic E-state index is 11.1. The molecular formula is C13H21NO3S. The number of hydrogen-bond acceptors (Lipinski definition) is 5. The largest absolute Gasteiger partial charge is 0.469 e. The van der Waals surface area contributed by atoms with Crippen LogP contribution in [0, 0.1) is 5.92 Å². The van der Waals surface area contributed by atoms with Gasteiger partial charge >= 0.3 is 5.97 Å². The number of carbonyl (C=O) groups is 1. The summed E-state index contributed by atoms with van der Waals surface area (Å²) in [5.41, 5.74) is 0.936. The molecule has 0 N–H and O–H groups in total. The minimum atomic E-state index is -0.199. The van der Waals surface area contributed by atoms with E-state index in [2.05, 4.69) is 23.6 Å². The van der Waals surface area contributed by atoms with E-state index in [1.807, 2.05) is 12.3 Å². The predicted molar refractivity (Wildman–Crippen MR) is 71.7 cm³/mol. The quantitative estimate of drug-likeness (QED) is 0.715. The van der Waals surface area contributed by atoms with E-state index in [1.54, 1.807) is 11.3 Å². The van der Waals surface area contributed by atoms with Crippen LogP contribution >= 0.6 is 11.3 Å². The van der Waals surface area contributed by atoms with Crippen LogP contribution < -0.4 is 0 Å². The minimum Gasteiger partial charge on any atom is -0.469 e. The Morgan fingerprint density at radius 1 is 1.50 bits per heavy atom. The van der Waals surface area contributed by atoms with Crippen molar-refractivity contribution in [3.63, 3.8) is 0 Å². The summed E-state index contributed by atoms with van der Waals surface area (Å²) < 4.78 is 10.3. The lowest BCUT2D eigenvalue weighted by Crippen LogP contribution is -2.11. The molecular weight excluding hydrogens is 250 g/mol. The van der Waals surface area contributed by atoms with Crippen LogP contribution in [0.2, 0.25) is 0 Å². The second-order valence-corrected chi connectivity index (χ2v) is 5.26. The lowest BCUT2D eigenvalue weighted by Gasteiger charge is -2.18. The first-order valence-electron chi connectivity index (χ1n) is 6.21. The molecule has 1 unspecified atom stereocenters. The minimum absolute atomic E-state index is 0.0480. The number of esters is 1. The standard InChI is InChI=1S/C13H21NO3S/c1-5-17-12(9(2)3)13-14-10(8-18-13)6-7-11(15)16-4/h8-9,12H,5-7H2,1-4H3. The van der Waals surface area contributed by atoms with E-state index in [4.69, 9.17) is 4.74 Å². The molecule has 1 rings (SSSR count). The molecule has 4 nitrogen and oxygen atoms in total. The van der Waals surface area contributed by atoms with Crippen molar-refractivity contribution >= 4 is 17.3 Å². The van der Waals surface area contributed by atoms with Crippen LogP contribution in [0.4, 0.5) is 0 Å². The molecule has 0 aliphatic rings. The summed E-state index contributed by atoms with van der Waals surface area (Å²) in [6.07, 6.45) is 1.05. The Morgan fingerprint density at radius 3 is 2.78 bits per heavy atom. The van der Waals surface area contributed by atoms with Crippen LogP contribution in [0.1, 0.15) is 44.0 Å². The van der Waals surface area contributed by atoms with Gasteiger partial charge in [-0.25, -0.2) is 4.98 Å². The SMILES string of the molecule is CCOC(c1nc(CCC(=O)OC)cs1)C(C)C. The zero-order valence-electron chi connectivity index (χ0n) is 11.4. The molecule has 0 bridgehead atoms. The molecule has 0 aliphatic heterocycles. The van der Waals surface area contributed by atoms with Gasteiger partial charge < -0.3 is 9.47 Å². The number of methoxy groups -OCH3 is 1. The number of aromatic nitrogens is 1. The summed E-state index contributed by atoms with van der Waals surface area (Å²) in [5.74, 6) is 0.194.